The minimum Gasteiger partial charge on any atom is -0.497 e. The topological polar surface area (TPSA) is 62.4 Å². The molecule has 0 fully saturated rings. The quantitative estimate of drug-likeness (QED) is 0.347. The van der Waals surface area contributed by atoms with Crippen molar-refractivity contribution in [3.63, 3.8) is 0 Å². The molecule has 170 valence electrons. The van der Waals surface area contributed by atoms with Crippen LogP contribution in [0.3, 0.4) is 0 Å². The van der Waals surface area contributed by atoms with Gasteiger partial charge in [0.2, 0.25) is 0 Å². The number of H-pyrrole nitrogens is 1. The molecule has 7 heteroatoms. The summed E-state index contributed by atoms with van der Waals surface area (Å²) in [7, 11) is 3.35. The SMILES string of the molecule is COc1ccc2[nH]c(C)c(CCN(Cc3cccnc3)C(=S)Nc3ccccc3OC)c2c1. The third kappa shape index (κ3) is 5.26. The maximum atomic E-state index is 5.84. The van der Waals surface area contributed by atoms with E-state index >= 15 is 0 Å². The first-order valence-corrected chi connectivity index (χ1v) is 11.2. The second kappa shape index (κ2) is 10.4. The van der Waals surface area contributed by atoms with Gasteiger partial charge in [-0.3, -0.25) is 4.98 Å². The van der Waals surface area contributed by atoms with E-state index in [9.17, 15) is 0 Å². The standard InChI is InChI=1S/C26H28N4O2S/c1-18-21(22-15-20(31-2)10-11-23(22)28-18)12-14-30(17-19-7-6-13-27-16-19)26(33)29-24-8-4-5-9-25(24)32-3/h4-11,13,15-16,28H,12,14,17H2,1-3H3,(H,29,33). The molecule has 4 aromatic rings. The molecular formula is C26H28N4O2S. The Hall–Kier alpha value is -3.58. The maximum absolute atomic E-state index is 5.84. The number of methoxy groups -OCH3 is 2. The van der Waals surface area contributed by atoms with Crippen LogP contribution in [0.2, 0.25) is 0 Å². The van der Waals surface area contributed by atoms with Gasteiger partial charge in [0.15, 0.2) is 5.11 Å². The van der Waals surface area contributed by atoms with Crippen molar-refractivity contribution in [3.8, 4) is 11.5 Å². The molecule has 0 unspecified atom stereocenters. The number of fused-ring (bicyclic) bond motifs is 1. The third-order valence-corrected chi connectivity index (χ3v) is 6.05. The van der Waals surface area contributed by atoms with Gasteiger partial charge in [0.05, 0.1) is 19.9 Å². The van der Waals surface area contributed by atoms with Gasteiger partial charge in [-0.1, -0.05) is 18.2 Å². The van der Waals surface area contributed by atoms with Gasteiger partial charge in [-0.15, -0.1) is 0 Å². The first kappa shape index (κ1) is 22.6. The normalized spacial score (nSPS) is 10.8. The largest absolute Gasteiger partial charge is 0.497 e. The first-order chi connectivity index (χ1) is 16.1. The van der Waals surface area contributed by atoms with Crippen LogP contribution in [0.15, 0.2) is 67.0 Å². The minimum absolute atomic E-state index is 0.637. The number of hydrogen-bond acceptors (Lipinski definition) is 4. The lowest BCUT2D eigenvalue weighted by Gasteiger charge is -2.26. The number of rotatable bonds is 8. The van der Waals surface area contributed by atoms with E-state index < -0.39 is 0 Å². The lowest BCUT2D eigenvalue weighted by atomic mass is 10.1. The number of hydrogen-bond donors (Lipinski definition) is 2. The molecule has 0 amide bonds. The number of ether oxygens (including phenoxy) is 2. The van der Waals surface area contributed by atoms with Gasteiger partial charge in [-0.2, -0.15) is 0 Å². The van der Waals surface area contributed by atoms with Crippen LogP contribution >= 0.6 is 12.2 Å². The number of anilines is 1. The highest BCUT2D eigenvalue weighted by molar-refractivity contribution is 7.80. The minimum atomic E-state index is 0.637. The Balaban J connectivity index is 1.58. The van der Waals surface area contributed by atoms with Gasteiger partial charge in [-0.25, -0.2) is 0 Å². The van der Waals surface area contributed by atoms with Crippen LogP contribution in [0.1, 0.15) is 16.8 Å². The Morgan fingerprint density at radius 1 is 1.09 bits per heavy atom. The van der Waals surface area contributed by atoms with E-state index in [-0.39, 0.29) is 0 Å². The van der Waals surface area contributed by atoms with Crippen molar-refractivity contribution in [1.29, 1.82) is 0 Å². The van der Waals surface area contributed by atoms with Crippen molar-refractivity contribution in [2.45, 2.75) is 19.9 Å². The number of pyridine rings is 1. The van der Waals surface area contributed by atoms with Gasteiger partial charge in [-0.05, 0) is 73.1 Å². The first-order valence-electron chi connectivity index (χ1n) is 10.8. The fourth-order valence-electron chi connectivity index (χ4n) is 3.96. The highest BCUT2D eigenvalue weighted by atomic mass is 32.1. The fraction of sp³-hybridized carbons (Fsp3) is 0.231. The zero-order valence-electron chi connectivity index (χ0n) is 19.1. The second-order valence-corrected chi connectivity index (χ2v) is 8.19. The summed E-state index contributed by atoms with van der Waals surface area (Å²) in [4.78, 5) is 9.91. The number of benzene rings is 2. The van der Waals surface area contributed by atoms with E-state index in [2.05, 4.69) is 45.3 Å². The second-order valence-electron chi connectivity index (χ2n) is 7.80. The molecule has 0 saturated heterocycles. The molecule has 0 saturated carbocycles. The van der Waals surface area contributed by atoms with E-state index in [1.165, 1.54) is 10.9 Å². The predicted octanol–water partition coefficient (Wildman–Crippen LogP) is 5.33. The highest BCUT2D eigenvalue weighted by Gasteiger charge is 2.16. The van der Waals surface area contributed by atoms with Crippen LogP contribution in [0.4, 0.5) is 5.69 Å². The van der Waals surface area contributed by atoms with Crippen LogP contribution in [0.25, 0.3) is 10.9 Å². The van der Waals surface area contributed by atoms with Crippen LogP contribution in [0, 0.1) is 6.92 Å². The molecule has 0 aliphatic heterocycles. The van der Waals surface area contributed by atoms with Crippen LogP contribution in [-0.2, 0) is 13.0 Å². The predicted molar refractivity (Wildman–Crippen MR) is 137 cm³/mol. The van der Waals surface area contributed by atoms with Gasteiger partial charge in [0.1, 0.15) is 11.5 Å². The molecule has 0 atom stereocenters. The molecule has 2 N–H and O–H groups in total. The molecule has 4 rings (SSSR count). The number of nitrogens with zero attached hydrogens (tertiary/aromatic N) is 2. The lowest BCUT2D eigenvalue weighted by Crippen LogP contribution is -2.36. The molecule has 0 spiro atoms. The van der Waals surface area contributed by atoms with Crippen molar-refractivity contribution < 1.29 is 9.47 Å². The number of nitrogens with one attached hydrogen (secondary N) is 2. The molecular weight excluding hydrogens is 432 g/mol. The van der Waals surface area contributed by atoms with Gasteiger partial charge in [0.25, 0.3) is 0 Å². The lowest BCUT2D eigenvalue weighted by molar-refractivity contribution is 0.413. The summed E-state index contributed by atoms with van der Waals surface area (Å²) in [5, 5.41) is 5.18. The van der Waals surface area contributed by atoms with Crippen LogP contribution < -0.4 is 14.8 Å². The zero-order chi connectivity index (χ0) is 23.2. The number of para-hydroxylation sites is 2. The summed E-state index contributed by atoms with van der Waals surface area (Å²) in [6, 6.07) is 17.9. The summed E-state index contributed by atoms with van der Waals surface area (Å²) in [6.07, 6.45) is 4.48. The summed E-state index contributed by atoms with van der Waals surface area (Å²) in [5.74, 6) is 1.60. The van der Waals surface area contributed by atoms with E-state index in [1.807, 2.05) is 42.6 Å². The molecule has 2 heterocycles. The monoisotopic (exact) mass is 460 g/mol. The van der Waals surface area contributed by atoms with Crippen molar-refractivity contribution in [3.05, 3.63) is 83.8 Å². The summed E-state index contributed by atoms with van der Waals surface area (Å²) in [5.41, 5.74) is 5.47. The Morgan fingerprint density at radius 2 is 1.94 bits per heavy atom. The number of aromatic amines is 1. The summed E-state index contributed by atoms with van der Waals surface area (Å²) < 4.78 is 10.9. The van der Waals surface area contributed by atoms with Gasteiger partial charge < -0.3 is 24.7 Å². The molecule has 0 bridgehead atoms. The van der Waals surface area contributed by atoms with Crippen LogP contribution in [0.5, 0.6) is 11.5 Å². The fourth-order valence-corrected chi connectivity index (χ4v) is 4.23. The van der Waals surface area contributed by atoms with Crippen molar-refractivity contribution >= 4 is 33.9 Å². The third-order valence-electron chi connectivity index (χ3n) is 5.69. The molecule has 0 radical (unpaired) electrons. The zero-order valence-corrected chi connectivity index (χ0v) is 19.9. The molecule has 2 aromatic carbocycles. The van der Waals surface area contributed by atoms with Crippen molar-refractivity contribution in [1.82, 2.24) is 14.9 Å². The number of aromatic nitrogens is 2. The van der Waals surface area contributed by atoms with Gasteiger partial charge >= 0.3 is 0 Å². The molecule has 0 aliphatic rings. The summed E-state index contributed by atoms with van der Waals surface area (Å²) in [6.45, 7) is 3.50. The van der Waals surface area contributed by atoms with Crippen molar-refractivity contribution in [2.75, 3.05) is 26.1 Å². The Kier molecular flexibility index (Phi) is 7.10. The van der Waals surface area contributed by atoms with E-state index in [4.69, 9.17) is 21.7 Å². The molecule has 2 aromatic heterocycles. The van der Waals surface area contributed by atoms with Gasteiger partial charge in [0, 0.05) is 42.1 Å². The Bertz CT molecular complexity index is 1240. The number of thiocarbonyl (C=S) groups is 1. The van der Waals surface area contributed by atoms with E-state index in [0.717, 1.165) is 46.9 Å². The van der Waals surface area contributed by atoms with E-state index in [0.29, 0.717) is 11.7 Å². The van der Waals surface area contributed by atoms with Crippen LogP contribution in [-0.4, -0.2) is 40.7 Å². The molecule has 0 aliphatic carbocycles. The highest BCUT2D eigenvalue weighted by Crippen LogP contribution is 2.28. The Morgan fingerprint density at radius 3 is 2.70 bits per heavy atom. The molecule has 6 nitrogen and oxygen atoms in total. The maximum Gasteiger partial charge on any atom is 0.173 e. The average molecular weight is 461 g/mol. The van der Waals surface area contributed by atoms with E-state index in [1.54, 1.807) is 20.4 Å². The smallest absolute Gasteiger partial charge is 0.173 e. The Labute approximate surface area is 199 Å². The number of aryl methyl sites for hydroxylation is 1. The average Bonchev–Trinajstić information content (AvgIpc) is 3.16. The summed E-state index contributed by atoms with van der Waals surface area (Å²) >= 11 is 5.84. The molecule has 33 heavy (non-hydrogen) atoms. The van der Waals surface area contributed by atoms with Crippen molar-refractivity contribution in [2.24, 2.45) is 0 Å².